The van der Waals surface area contributed by atoms with Crippen LogP contribution in [-0.2, 0) is 13.1 Å². The van der Waals surface area contributed by atoms with Crippen LogP contribution in [0.3, 0.4) is 0 Å². The minimum absolute atomic E-state index is 0.365. The number of ether oxygens (including phenoxy) is 3. The van der Waals surface area contributed by atoms with E-state index in [4.69, 9.17) is 18.7 Å². The van der Waals surface area contributed by atoms with Crippen LogP contribution in [0.25, 0.3) is 0 Å². The number of benzene rings is 1. The van der Waals surface area contributed by atoms with Crippen LogP contribution in [0.15, 0.2) is 22.7 Å². The van der Waals surface area contributed by atoms with E-state index >= 15 is 0 Å². The summed E-state index contributed by atoms with van der Waals surface area (Å²) in [6.07, 6.45) is 0.885. The first kappa shape index (κ1) is 17.6. The molecule has 2 heterocycles. The Labute approximate surface area is 148 Å². The Balaban J connectivity index is 1.73. The van der Waals surface area contributed by atoms with Crippen molar-refractivity contribution in [2.24, 2.45) is 0 Å². The second kappa shape index (κ2) is 7.78. The summed E-state index contributed by atoms with van der Waals surface area (Å²) in [5.74, 6) is 3.56. The molecule has 0 fully saturated rings. The zero-order valence-electron chi connectivity index (χ0n) is 15.4. The maximum absolute atomic E-state index is 5.79. The molecule has 3 rings (SSSR count). The van der Waals surface area contributed by atoms with E-state index in [9.17, 15) is 0 Å². The van der Waals surface area contributed by atoms with Gasteiger partial charge in [0, 0.05) is 30.7 Å². The van der Waals surface area contributed by atoms with Crippen molar-refractivity contribution in [1.29, 1.82) is 0 Å². The second-order valence-corrected chi connectivity index (χ2v) is 6.71. The largest absolute Gasteiger partial charge is 0.496 e. The minimum Gasteiger partial charge on any atom is -0.496 e. The molecule has 25 heavy (non-hydrogen) atoms. The summed E-state index contributed by atoms with van der Waals surface area (Å²) in [5, 5.41) is 4.11. The maximum Gasteiger partial charge on any atom is 0.164 e. The summed E-state index contributed by atoms with van der Waals surface area (Å²) in [7, 11) is 3.72. The van der Waals surface area contributed by atoms with E-state index in [1.54, 1.807) is 7.11 Å². The Morgan fingerprint density at radius 2 is 1.84 bits per heavy atom. The molecule has 1 aromatic carbocycles. The molecule has 0 bridgehead atoms. The van der Waals surface area contributed by atoms with E-state index in [1.165, 1.54) is 0 Å². The number of hydrogen-bond donors (Lipinski definition) is 0. The molecule has 0 unspecified atom stereocenters. The van der Waals surface area contributed by atoms with Crippen LogP contribution >= 0.6 is 0 Å². The average molecular weight is 346 g/mol. The molecule has 0 amide bonds. The fraction of sp³-hybridized carbons (Fsp3) is 0.526. The van der Waals surface area contributed by atoms with Gasteiger partial charge in [0.2, 0.25) is 0 Å². The van der Waals surface area contributed by atoms with Crippen molar-refractivity contribution in [1.82, 2.24) is 10.1 Å². The minimum atomic E-state index is 0.365. The third-order valence-corrected chi connectivity index (χ3v) is 4.19. The number of methoxy groups -OCH3 is 1. The van der Waals surface area contributed by atoms with Gasteiger partial charge in [-0.25, -0.2) is 0 Å². The molecule has 6 heteroatoms. The molecular formula is C19H26N2O4. The lowest BCUT2D eigenvalue weighted by molar-refractivity contribution is 0.261. The van der Waals surface area contributed by atoms with Gasteiger partial charge in [-0.05, 0) is 19.0 Å². The van der Waals surface area contributed by atoms with E-state index in [0.717, 1.165) is 40.7 Å². The highest BCUT2D eigenvalue weighted by atomic mass is 16.5. The van der Waals surface area contributed by atoms with Gasteiger partial charge in [-0.1, -0.05) is 19.0 Å². The maximum atomic E-state index is 5.79. The van der Waals surface area contributed by atoms with Gasteiger partial charge in [-0.15, -0.1) is 0 Å². The Hall–Kier alpha value is -2.21. The molecule has 0 spiro atoms. The van der Waals surface area contributed by atoms with E-state index in [0.29, 0.717) is 32.2 Å². The fourth-order valence-corrected chi connectivity index (χ4v) is 2.83. The molecule has 1 aromatic heterocycles. The number of fused-ring (bicyclic) bond motifs is 1. The van der Waals surface area contributed by atoms with Gasteiger partial charge in [-0.2, -0.15) is 0 Å². The van der Waals surface area contributed by atoms with E-state index < -0.39 is 0 Å². The Kier molecular flexibility index (Phi) is 5.48. The third kappa shape index (κ3) is 4.25. The highest BCUT2D eigenvalue weighted by Gasteiger charge is 2.17. The fourth-order valence-electron chi connectivity index (χ4n) is 2.83. The molecule has 0 N–H and O–H groups in total. The topological polar surface area (TPSA) is 57.0 Å². The second-order valence-electron chi connectivity index (χ2n) is 6.71. The van der Waals surface area contributed by atoms with Crippen LogP contribution < -0.4 is 14.2 Å². The quantitative estimate of drug-likeness (QED) is 0.796. The van der Waals surface area contributed by atoms with Gasteiger partial charge in [0.1, 0.15) is 5.75 Å². The van der Waals surface area contributed by atoms with Gasteiger partial charge in [0.25, 0.3) is 0 Å². The van der Waals surface area contributed by atoms with Crippen LogP contribution in [0.1, 0.15) is 43.2 Å². The number of hydrogen-bond acceptors (Lipinski definition) is 6. The first-order valence-electron chi connectivity index (χ1n) is 8.67. The first-order chi connectivity index (χ1) is 12.1. The molecule has 1 aliphatic heterocycles. The Morgan fingerprint density at radius 1 is 1.12 bits per heavy atom. The molecule has 1 aliphatic rings. The number of nitrogens with zero attached hydrogens (tertiary/aromatic N) is 2. The van der Waals surface area contributed by atoms with Crippen molar-refractivity contribution in [3.8, 4) is 17.2 Å². The molecule has 0 atom stereocenters. The lowest BCUT2D eigenvalue weighted by Gasteiger charge is -2.19. The average Bonchev–Trinajstić information content (AvgIpc) is 2.92. The van der Waals surface area contributed by atoms with Crippen molar-refractivity contribution in [3.05, 3.63) is 35.2 Å². The predicted octanol–water partition coefficient (Wildman–Crippen LogP) is 3.60. The highest BCUT2D eigenvalue weighted by molar-refractivity contribution is 5.51. The van der Waals surface area contributed by atoms with Crippen LogP contribution in [0.4, 0.5) is 0 Å². The standard InChI is InChI=1S/C19H26N2O4/c1-13(2)16-9-15(25-20-16)12-21(3)11-14-8-18-19(10-17(14)22-4)24-7-5-6-23-18/h8-10,13H,5-7,11-12H2,1-4H3. The number of rotatable bonds is 6. The molecule has 0 saturated heterocycles. The van der Waals surface area contributed by atoms with Crippen LogP contribution in [-0.4, -0.2) is 37.4 Å². The predicted molar refractivity (Wildman–Crippen MR) is 94.4 cm³/mol. The lowest BCUT2D eigenvalue weighted by Crippen LogP contribution is -2.17. The Bertz CT molecular complexity index is 711. The summed E-state index contributed by atoms with van der Waals surface area (Å²) in [4.78, 5) is 2.16. The van der Waals surface area contributed by atoms with E-state index in [1.807, 2.05) is 25.2 Å². The van der Waals surface area contributed by atoms with Crippen molar-refractivity contribution in [3.63, 3.8) is 0 Å². The summed E-state index contributed by atoms with van der Waals surface area (Å²) in [5.41, 5.74) is 2.04. The monoisotopic (exact) mass is 346 g/mol. The number of aromatic nitrogens is 1. The molecule has 136 valence electrons. The lowest BCUT2D eigenvalue weighted by atomic mass is 10.1. The van der Waals surface area contributed by atoms with Crippen LogP contribution in [0, 0.1) is 0 Å². The van der Waals surface area contributed by atoms with Gasteiger partial charge in [0.05, 0.1) is 32.6 Å². The van der Waals surface area contributed by atoms with Gasteiger partial charge in [-0.3, -0.25) is 4.90 Å². The molecule has 2 aromatic rings. The summed E-state index contributed by atoms with van der Waals surface area (Å²) < 4.78 is 22.5. The van der Waals surface area contributed by atoms with E-state index in [2.05, 4.69) is 23.9 Å². The smallest absolute Gasteiger partial charge is 0.164 e. The summed E-state index contributed by atoms with van der Waals surface area (Å²) in [6.45, 7) is 6.93. The third-order valence-electron chi connectivity index (χ3n) is 4.19. The van der Waals surface area contributed by atoms with Crippen molar-refractivity contribution in [2.45, 2.75) is 39.3 Å². The van der Waals surface area contributed by atoms with Crippen molar-refractivity contribution < 1.29 is 18.7 Å². The molecule has 6 nitrogen and oxygen atoms in total. The van der Waals surface area contributed by atoms with Crippen LogP contribution in [0.5, 0.6) is 17.2 Å². The molecule has 0 saturated carbocycles. The molecular weight excluding hydrogens is 320 g/mol. The van der Waals surface area contributed by atoms with Crippen molar-refractivity contribution >= 4 is 0 Å². The van der Waals surface area contributed by atoms with E-state index in [-0.39, 0.29) is 0 Å². The normalized spacial score (nSPS) is 14.0. The molecule has 0 radical (unpaired) electrons. The Morgan fingerprint density at radius 3 is 2.48 bits per heavy atom. The van der Waals surface area contributed by atoms with Crippen LogP contribution in [0.2, 0.25) is 0 Å². The van der Waals surface area contributed by atoms with Gasteiger partial charge in [0.15, 0.2) is 17.3 Å². The zero-order valence-corrected chi connectivity index (χ0v) is 15.4. The summed E-state index contributed by atoms with van der Waals surface area (Å²) in [6, 6.07) is 5.94. The van der Waals surface area contributed by atoms with Crippen molar-refractivity contribution in [2.75, 3.05) is 27.4 Å². The first-order valence-corrected chi connectivity index (χ1v) is 8.67. The SMILES string of the molecule is COc1cc2c(cc1CN(C)Cc1cc(C(C)C)no1)OCCCO2. The summed E-state index contributed by atoms with van der Waals surface area (Å²) >= 11 is 0. The zero-order chi connectivity index (χ0) is 17.8. The molecule has 0 aliphatic carbocycles. The van der Waals surface area contributed by atoms with Gasteiger partial charge >= 0.3 is 0 Å². The van der Waals surface area contributed by atoms with Gasteiger partial charge < -0.3 is 18.7 Å². The highest BCUT2D eigenvalue weighted by Crippen LogP contribution is 2.37.